The zero-order valence-electron chi connectivity index (χ0n) is 13.5. The van der Waals surface area contributed by atoms with Crippen molar-refractivity contribution >= 4 is 0 Å². The predicted octanol–water partition coefficient (Wildman–Crippen LogP) is 4.63. The summed E-state index contributed by atoms with van der Waals surface area (Å²) in [5, 5.41) is 10.4. The second kappa shape index (κ2) is 7.17. The number of aliphatic hydroxyl groups is 1. The molecule has 1 heterocycles. The van der Waals surface area contributed by atoms with Crippen molar-refractivity contribution in [3.8, 4) is 11.5 Å². The Morgan fingerprint density at radius 2 is 2.05 bits per heavy atom. The molecule has 21 heavy (non-hydrogen) atoms. The van der Waals surface area contributed by atoms with Gasteiger partial charge in [-0.1, -0.05) is 32.6 Å². The lowest BCUT2D eigenvalue weighted by molar-refractivity contribution is -0.00865. The molecule has 0 radical (unpaired) electrons. The summed E-state index contributed by atoms with van der Waals surface area (Å²) in [6, 6.07) is 5.67. The first kappa shape index (κ1) is 16.2. The van der Waals surface area contributed by atoms with Crippen LogP contribution >= 0.6 is 0 Å². The highest BCUT2D eigenvalue weighted by atomic mass is 16.5. The number of unbranched alkanes of at least 4 members (excludes halogenated alkanes) is 4. The lowest BCUT2D eigenvalue weighted by Gasteiger charge is -2.38. The summed E-state index contributed by atoms with van der Waals surface area (Å²) in [4.78, 5) is 0. The minimum Gasteiger partial charge on any atom is -0.497 e. The van der Waals surface area contributed by atoms with Gasteiger partial charge in [-0.25, -0.2) is 0 Å². The van der Waals surface area contributed by atoms with Crippen LogP contribution in [0.15, 0.2) is 18.2 Å². The molecule has 1 aromatic carbocycles. The second-order valence-electron chi connectivity index (χ2n) is 6.34. The summed E-state index contributed by atoms with van der Waals surface area (Å²) in [7, 11) is 1.64. The third-order valence-electron chi connectivity index (χ3n) is 4.37. The summed E-state index contributed by atoms with van der Waals surface area (Å²) in [6.07, 6.45) is 7.46. The molecule has 2 rings (SSSR count). The van der Waals surface area contributed by atoms with E-state index in [1.165, 1.54) is 25.7 Å². The van der Waals surface area contributed by atoms with E-state index in [4.69, 9.17) is 9.47 Å². The maximum Gasteiger partial charge on any atom is 0.126 e. The summed E-state index contributed by atoms with van der Waals surface area (Å²) < 4.78 is 11.4. The Morgan fingerprint density at radius 1 is 1.29 bits per heavy atom. The van der Waals surface area contributed by atoms with Gasteiger partial charge in [-0.2, -0.15) is 0 Å². The molecule has 0 fully saturated rings. The number of rotatable bonds is 7. The number of hydrogen-bond donors (Lipinski definition) is 1. The van der Waals surface area contributed by atoms with Gasteiger partial charge in [-0.3, -0.25) is 0 Å². The van der Waals surface area contributed by atoms with Gasteiger partial charge in [0.2, 0.25) is 0 Å². The van der Waals surface area contributed by atoms with E-state index in [2.05, 4.69) is 13.8 Å². The molecular formula is C18H28O3. The van der Waals surface area contributed by atoms with Crippen LogP contribution in [0, 0.1) is 0 Å². The fourth-order valence-corrected chi connectivity index (χ4v) is 3.09. The van der Waals surface area contributed by atoms with Gasteiger partial charge in [-0.15, -0.1) is 0 Å². The van der Waals surface area contributed by atoms with E-state index in [-0.39, 0.29) is 5.60 Å². The molecule has 1 aliphatic rings. The van der Waals surface area contributed by atoms with Crippen LogP contribution in [0.25, 0.3) is 0 Å². The van der Waals surface area contributed by atoms with Crippen molar-refractivity contribution in [2.75, 3.05) is 7.11 Å². The van der Waals surface area contributed by atoms with Crippen LogP contribution < -0.4 is 9.47 Å². The first-order valence-corrected chi connectivity index (χ1v) is 8.13. The van der Waals surface area contributed by atoms with E-state index in [1.807, 2.05) is 18.2 Å². The molecule has 1 N–H and O–H groups in total. The highest BCUT2D eigenvalue weighted by molar-refractivity contribution is 5.43. The van der Waals surface area contributed by atoms with E-state index < -0.39 is 6.10 Å². The predicted molar refractivity (Wildman–Crippen MR) is 85.0 cm³/mol. The van der Waals surface area contributed by atoms with Gasteiger partial charge < -0.3 is 14.6 Å². The van der Waals surface area contributed by atoms with Crippen LogP contribution in [0.1, 0.15) is 70.5 Å². The number of methoxy groups -OCH3 is 1. The topological polar surface area (TPSA) is 38.7 Å². The van der Waals surface area contributed by atoms with Crippen LogP contribution in [0.5, 0.6) is 11.5 Å². The number of aliphatic hydroxyl groups excluding tert-OH is 1. The zero-order valence-corrected chi connectivity index (χ0v) is 13.5. The SMILES string of the molecule is CCCCCCCC1(C)C[C@H](O)c2cc(OC)ccc2O1. The summed E-state index contributed by atoms with van der Waals surface area (Å²) >= 11 is 0. The molecule has 0 aliphatic carbocycles. The van der Waals surface area contributed by atoms with Crippen molar-refractivity contribution in [2.45, 2.75) is 70.5 Å². The molecule has 0 aromatic heterocycles. The van der Waals surface area contributed by atoms with Gasteiger partial charge in [-0.05, 0) is 38.0 Å². The minimum absolute atomic E-state index is 0.257. The molecule has 2 atom stereocenters. The van der Waals surface area contributed by atoms with Crippen LogP contribution in [-0.4, -0.2) is 17.8 Å². The highest BCUT2D eigenvalue weighted by Crippen LogP contribution is 2.43. The highest BCUT2D eigenvalue weighted by Gasteiger charge is 2.36. The molecule has 0 saturated heterocycles. The Bertz CT molecular complexity index is 458. The van der Waals surface area contributed by atoms with Crippen LogP contribution in [-0.2, 0) is 0 Å². The van der Waals surface area contributed by atoms with Crippen LogP contribution in [0.4, 0.5) is 0 Å². The molecule has 1 aliphatic heterocycles. The van der Waals surface area contributed by atoms with Crippen molar-refractivity contribution < 1.29 is 14.6 Å². The van der Waals surface area contributed by atoms with Crippen molar-refractivity contribution in [1.29, 1.82) is 0 Å². The van der Waals surface area contributed by atoms with Gasteiger partial charge in [0, 0.05) is 12.0 Å². The lowest BCUT2D eigenvalue weighted by Crippen LogP contribution is -2.38. The maximum atomic E-state index is 10.4. The minimum atomic E-state index is -0.468. The monoisotopic (exact) mass is 292 g/mol. The fraction of sp³-hybridized carbons (Fsp3) is 0.667. The standard InChI is InChI=1S/C18H28O3/c1-4-5-6-7-8-11-18(2)13-16(19)15-12-14(20-3)9-10-17(15)21-18/h9-10,12,16,19H,4-8,11,13H2,1-3H3/t16-,18?/m0/s1. The first-order chi connectivity index (χ1) is 10.1. The van der Waals surface area contributed by atoms with Gasteiger partial charge in [0.15, 0.2) is 0 Å². The van der Waals surface area contributed by atoms with Gasteiger partial charge in [0.1, 0.15) is 17.1 Å². The van der Waals surface area contributed by atoms with Gasteiger partial charge >= 0.3 is 0 Å². The summed E-state index contributed by atoms with van der Waals surface area (Å²) in [5.41, 5.74) is 0.588. The maximum absolute atomic E-state index is 10.4. The van der Waals surface area contributed by atoms with Crippen molar-refractivity contribution in [2.24, 2.45) is 0 Å². The van der Waals surface area contributed by atoms with Crippen molar-refractivity contribution in [3.05, 3.63) is 23.8 Å². The quantitative estimate of drug-likeness (QED) is 0.745. The average Bonchev–Trinajstić information content (AvgIpc) is 2.46. The molecule has 1 aromatic rings. The zero-order chi connectivity index (χ0) is 15.3. The molecular weight excluding hydrogens is 264 g/mol. The van der Waals surface area contributed by atoms with Gasteiger partial charge in [0.25, 0.3) is 0 Å². The molecule has 0 bridgehead atoms. The molecule has 0 amide bonds. The van der Waals surface area contributed by atoms with Crippen molar-refractivity contribution in [1.82, 2.24) is 0 Å². The smallest absolute Gasteiger partial charge is 0.126 e. The number of ether oxygens (including phenoxy) is 2. The molecule has 3 heteroatoms. The van der Waals surface area contributed by atoms with Crippen LogP contribution in [0.2, 0.25) is 0 Å². The Labute approximate surface area is 128 Å². The third-order valence-corrected chi connectivity index (χ3v) is 4.37. The first-order valence-electron chi connectivity index (χ1n) is 8.13. The molecule has 118 valence electrons. The third kappa shape index (κ3) is 4.13. The largest absolute Gasteiger partial charge is 0.497 e. The second-order valence-corrected chi connectivity index (χ2v) is 6.34. The molecule has 0 spiro atoms. The Hall–Kier alpha value is -1.22. The Morgan fingerprint density at radius 3 is 2.76 bits per heavy atom. The van der Waals surface area contributed by atoms with Gasteiger partial charge in [0.05, 0.1) is 13.2 Å². The molecule has 0 saturated carbocycles. The van der Waals surface area contributed by atoms with Crippen LogP contribution in [0.3, 0.4) is 0 Å². The van der Waals surface area contributed by atoms with E-state index in [0.717, 1.165) is 29.9 Å². The summed E-state index contributed by atoms with van der Waals surface area (Å²) in [5.74, 6) is 1.56. The number of hydrogen-bond acceptors (Lipinski definition) is 3. The van der Waals surface area contributed by atoms with E-state index >= 15 is 0 Å². The normalized spacial score (nSPS) is 24.3. The fourth-order valence-electron chi connectivity index (χ4n) is 3.09. The lowest BCUT2D eigenvalue weighted by atomic mass is 9.86. The number of benzene rings is 1. The molecule has 3 nitrogen and oxygen atoms in total. The Kier molecular flexibility index (Phi) is 5.51. The van der Waals surface area contributed by atoms with Crippen molar-refractivity contribution in [3.63, 3.8) is 0 Å². The summed E-state index contributed by atoms with van der Waals surface area (Å²) in [6.45, 7) is 4.34. The Balaban J connectivity index is 1.98. The van der Waals surface area contributed by atoms with E-state index in [1.54, 1.807) is 7.11 Å². The number of fused-ring (bicyclic) bond motifs is 1. The average molecular weight is 292 g/mol. The van der Waals surface area contributed by atoms with E-state index in [9.17, 15) is 5.11 Å². The van der Waals surface area contributed by atoms with E-state index in [0.29, 0.717) is 6.42 Å². The molecule has 1 unspecified atom stereocenters.